The number of nitrogens with one attached hydrogen (secondary N) is 1. The van der Waals surface area contributed by atoms with Crippen molar-refractivity contribution in [2.24, 2.45) is 0 Å². The number of hydrogen-bond acceptors (Lipinski definition) is 6. The van der Waals surface area contributed by atoms with E-state index in [-0.39, 0.29) is 21.2 Å². The molecule has 10 heteroatoms. The van der Waals surface area contributed by atoms with E-state index in [0.29, 0.717) is 37.0 Å². The first kappa shape index (κ1) is 25.8. The van der Waals surface area contributed by atoms with Gasteiger partial charge in [0.2, 0.25) is 10.0 Å². The number of amides is 1. The van der Waals surface area contributed by atoms with Crippen molar-refractivity contribution >= 4 is 33.2 Å². The van der Waals surface area contributed by atoms with Crippen molar-refractivity contribution in [2.45, 2.75) is 32.1 Å². The van der Waals surface area contributed by atoms with Gasteiger partial charge in [0.15, 0.2) is 11.5 Å². The van der Waals surface area contributed by atoms with Gasteiger partial charge in [0, 0.05) is 25.3 Å². The smallest absolute Gasteiger partial charge is 0.255 e. The minimum atomic E-state index is -3.79. The lowest BCUT2D eigenvalue weighted by Gasteiger charge is -2.17. The second kappa shape index (κ2) is 11.4. The number of nitrogens with zero attached hydrogens (tertiary/aromatic N) is 1. The molecule has 0 aliphatic heterocycles. The van der Waals surface area contributed by atoms with Crippen molar-refractivity contribution in [3.8, 4) is 17.2 Å². The first-order valence-electron chi connectivity index (χ1n) is 10.3. The lowest BCUT2D eigenvalue weighted by molar-refractivity contribution is 0.102. The molecule has 2 rings (SSSR count). The third-order valence-electron chi connectivity index (χ3n) is 4.28. The van der Waals surface area contributed by atoms with Crippen molar-refractivity contribution < 1.29 is 27.4 Å². The van der Waals surface area contributed by atoms with E-state index in [4.69, 9.17) is 25.8 Å². The Morgan fingerprint density at radius 1 is 1.00 bits per heavy atom. The summed E-state index contributed by atoms with van der Waals surface area (Å²) in [4.78, 5) is 12.9. The molecule has 0 unspecified atom stereocenters. The summed E-state index contributed by atoms with van der Waals surface area (Å²) in [5.41, 5.74) is 0.535. The van der Waals surface area contributed by atoms with Gasteiger partial charge in [-0.3, -0.25) is 4.79 Å². The van der Waals surface area contributed by atoms with E-state index in [1.807, 2.05) is 13.8 Å². The molecule has 0 aromatic heterocycles. The predicted octanol–water partition coefficient (Wildman–Crippen LogP) is 4.43. The Labute approximate surface area is 194 Å². The van der Waals surface area contributed by atoms with E-state index in [2.05, 4.69) is 5.32 Å². The van der Waals surface area contributed by atoms with E-state index in [0.717, 1.165) is 10.7 Å². The van der Waals surface area contributed by atoms with Gasteiger partial charge in [0.25, 0.3) is 5.91 Å². The fourth-order valence-corrected chi connectivity index (χ4v) is 4.08. The lowest BCUT2D eigenvalue weighted by Crippen LogP contribution is -2.23. The van der Waals surface area contributed by atoms with Crippen molar-refractivity contribution in [3.63, 3.8) is 0 Å². The van der Waals surface area contributed by atoms with Crippen LogP contribution in [-0.2, 0) is 10.0 Å². The maximum atomic E-state index is 12.9. The van der Waals surface area contributed by atoms with E-state index >= 15 is 0 Å². The molecule has 0 atom stereocenters. The monoisotopic (exact) mass is 484 g/mol. The lowest BCUT2D eigenvalue weighted by atomic mass is 10.1. The highest BCUT2D eigenvalue weighted by Crippen LogP contribution is 2.37. The van der Waals surface area contributed by atoms with Crippen LogP contribution in [0.15, 0.2) is 35.2 Å². The van der Waals surface area contributed by atoms with Crippen molar-refractivity contribution in [1.29, 1.82) is 0 Å². The van der Waals surface area contributed by atoms with Gasteiger partial charge in [-0.1, -0.05) is 18.5 Å². The number of benzene rings is 2. The fourth-order valence-electron chi connectivity index (χ4n) is 2.77. The average Bonchev–Trinajstić information content (AvgIpc) is 2.74. The summed E-state index contributed by atoms with van der Waals surface area (Å²) in [6.45, 7) is 6.67. The first-order chi connectivity index (χ1) is 15.1. The quantitative estimate of drug-likeness (QED) is 0.507. The fraction of sp³-hybridized carbons (Fsp3) is 0.409. The third-order valence-corrected chi connectivity index (χ3v) is 6.40. The van der Waals surface area contributed by atoms with Gasteiger partial charge in [-0.25, -0.2) is 12.7 Å². The van der Waals surface area contributed by atoms with Crippen LogP contribution in [0.5, 0.6) is 17.2 Å². The molecule has 0 aliphatic rings. The summed E-state index contributed by atoms with van der Waals surface area (Å²) in [5, 5.41) is 2.95. The Hall–Kier alpha value is -2.49. The van der Waals surface area contributed by atoms with Crippen LogP contribution in [0.2, 0.25) is 5.02 Å². The average molecular weight is 485 g/mol. The number of rotatable bonds is 11. The van der Waals surface area contributed by atoms with Crippen LogP contribution in [0, 0.1) is 0 Å². The second-order valence-electron chi connectivity index (χ2n) is 6.90. The molecule has 0 bridgehead atoms. The minimum Gasteiger partial charge on any atom is -0.492 e. The number of carbonyl (C=O) groups excluding carboxylic acids is 1. The second-order valence-corrected chi connectivity index (χ2v) is 9.43. The van der Waals surface area contributed by atoms with Crippen molar-refractivity contribution in [1.82, 2.24) is 4.31 Å². The van der Waals surface area contributed by atoms with Crippen LogP contribution in [-0.4, -0.2) is 52.5 Å². The molecule has 2 aromatic rings. The third kappa shape index (κ3) is 6.05. The number of ether oxygens (including phenoxy) is 3. The van der Waals surface area contributed by atoms with Crippen LogP contribution in [0.25, 0.3) is 0 Å². The Morgan fingerprint density at radius 2 is 1.66 bits per heavy atom. The largest absolute Gasteiger partial charge is 0.492 e. The molecule has 0 aliphatic carbocycles. The van der Waals surface area contributed by atoms with Gasteiger partial charge >= 0.3 is 0 Å². The minimum absolute atomic E-state index is 0.0431. The molecule has 0 saturated carbocycles. The number of carbonyl (C=O) groups is 1. The highest BCUT2D eigenvalue weighted by atomic mass is 35.5. The number of hydrogen-bond donors (Lipinski definition) is 1. The van der Waals surface area contributed by atoms with Crippen molar-refractivity contribution in [2.75, 3.05) is 39.2 Å². The Kier molecular flexibility index (Phi) is 9.18. The Bertz CT molecular complexity index is 1060. The molecule has 0 radical (unpaired) electrons. The first-order valence-corrected chi connectivity index (χ1v) is 12.1. The molecule has 8 nitrogen and oxygen atoms in total. The standard InChI is InChI=1S/C22H29ClN2O6S/c1-6-11-31-21-17(23)12-15(13-19(21)30-8-3)22(26)24-16-9-10-18(29-7-2)20(14-16)32(27,28)25(4)5/h9-10,12-14H,6-8,11H2,1-5H3,(H,24,26). The number of sulfonamides is 1. The molecule has 0 heterocycles. The molecule has 176 valence electrons. The molecule has 2 aromatic carbocycles. The van der Waals surface area contributed by atoms with Gasteiger partial charge in [0.1, 0.15) is 10.6 Å². The van der Waals surface area contributed by atoms with Gasteiger partial charge in [-0.2, -0.15) is 0 Å². The summed E-state index contributed by atoms with van der Waals surface area (Å²) in [5.74, 6) is 0.471. The molecule has 32 heavy (non-hydrogen) atoms. The van der Waals surface area contributed by atoms with Crippen LogP contribution in [0.3, 0.4) is 0 Å². The van der Waals surface area contributed by atoms with Crippen LogP contribution < -0.4 is 19.5 Å². The zero-order valence-electron chi connectivity index (χ0n) is 18.9. The van der Waals surface area contributed by atoms with Gasteiger partial charge in [-0.15, -0.1) is 0 Å². The normalized spacial score (nSPS) is 11.3. The highest BCUT2D eigenvalue weighted by molar-refractivity contribution is 7.89. The van der Waals surface area contributed by atoms with Gasteiger partial charge in [-0.05, 0) is 50.6 Å². The van der Waals surface area contributed by atoms with Gasteiger partial charge < -0.3 is 19.5 Å². The molecule has 0 spiro atoms. The SMILES string of the molecule is CCCOc1c(Cl)cc(C(=O)Nc2ccc(OCC)c(S(=O)(=O)N(C)C)c2)cc1OCC. The summed E-state index contributed by atoms with van der Waals surface area (Å²) in [6.07, 6.45) is 0.792. The maximum Gasteiger partial charge on any atom is 0.255 e. The van der Waals surface area contributed by atoms with E-state index in [1.165, 1.54) is 32.3 Å². The molecule has 0 saturated heterocycles. The molecule has 1 N–H and O–H groups in total. The topological polar surface area (TPSA) is 94.2 Å². The van der Waals surface area contributed by atoms with Gasteiger partial charge in [0.05, 0.1) is 24.8 Å². The molecule has 1 amide bonds. The Morgan fingerprint density at radius 3 is 2.25 bits per heavy atom. The van der Waals surface area contributed by atoms with Crippen LogP contribution in [0.1, 0.15) is 37.6 Å². The molecular formula is C22H29ClN2O6S. The summed E-state index contributed by atoms with van der Waals surface area (Å²) < 4.78 is 43.2. The Balaban J connectivity index is 2.40. The zero-order valence-corrected chi connectivity index (χ0v) is 20.5. The van der Waals surface area contributed by atoms with Crippen molar-refractivity contribution in [3.05, 3.63) is 40.9 Å². The molecular weight excluding hydrogens is 456 g/mol. The maximum absolute atomic E-state index is 12.9. The summed E-state index contributed by atoms with van der Waals surface area (Å²) in [7, 11) is -0.936. The van der Waals surface area contributed by atoms with E-state index in [9.17, 15) is 13.2 Å². The predicted molar refractivity (Wildman–Crippen MR) is 125 cm³/mol. The van der Waals surface area contributed by atoms with Crippen LogP contribution in [0.4, 0.5) is 5.69 Å². The van der Waals surface area contributed by atoms with E-state index in [1.54, 1.807) is 19.1 Å². The number of halogens is 1. The van der Waals surface area contributed by atoms with Crippen LogP contribution >= 0.6 is 11.6 Å². The zero-order chi connectivity index (χ0) is 23.9. The highest BCUT2D eigenvalue weighted by Gasteiger charge is 2.24. The van der Waals surface area contributed by atoms with E-state index < -0.39 is 15.9 Å². The summed E-state index contributed by atoms with van der Waals surface area (Å²) in [6, 6.07) is 7.47. The number of anilines is 1. The summed E-state index contributed by atoms with van der Waals surface area (Å²) >= 11 is 6.34. The molecule has 0 fully saturated rings.